The van der Waals surface area contributed by atoms with Gasteiger partial charge in [-0.2, -0.15) is 0 Å². The van der Waals surface area contributed by atoms with E-state index in [1.165, 1.54) is 0 Å². The molecule has 1 aromatic rings. The van der Waals surface area contributed by atoms with E-state index >= 15 is 0 Å². The molecule has 2 N–H and O–H groups in total. The molecule has 23 heavy (non-hydrogen) atoms. The highest BCUT2D eigenvalue weighted by molar-refractivity contribution is 5.83. The van der Waals surface area contributed by atoms with Crippen LogP contribution in [0.25, 0.3) is 0 Å². The minimum absolute atomic E-state index is 0.127. The van der Waals surface area contributed by atoms with Crippen LogP contribution in [0.3, 0.4) is 0 Å². The highest BCUT2D eigenvalue weighted by atomic mass is 16.5. The number of nitrogens with zero attached hydrogens (tertiary/aromatic N) is 1. The molecule has 0 aliphatic carbocycles. The van der Waals surface area contributed by atoms with E-state index in [1.54, 1.807) is 24.3 Å². The van der Waals surface area contributed by atoms with Gasteiger partial charge in [-0.1, -0.05) is 30.3 Å². The van der Waals surface area contributed by atoms with Crippen LogP contribution in [0.4, 0.5) is 0 Å². The molecule has 126 valence electrons. The van der Waals surface area contributed by atoms with Gasteiger partial charge in [0.1, 0.15) is 11.5 Å². The summed E-state index contributed by atoms with van der Waals surface area (Å²) in [4.78, 5) is 15.1. The second-order valence-electron chi connectivity index (χ2n) is 6.81. The number of fused-ring (bicyclic) bond motifs is 2. The summed E-state index contributed by atoms with van der Waals surface area (Å²) in [7, 11) is 2.14. The zero-order chi connectivity index (χ0) is 16.4. The standard InChI is InChI=1S/C18H25NO4/c1-19-14-7-8-15(19)10-16(9-14)23-17(22)18(11-20,12-21)13-5-3-2-4-6-13/h2-6,14-16,20-21H,7-12H2,1H3/t14-,15+,16-. The summed E-state index contributed by atoms with van der Waals surface area (Å²) in [6, 6.07) is 9.85. The predicted octanol–water partition coefficient (Wildman–Crippen LogP) is 1.08. The first kappa shape index (κ1) is 16.4. The number of hydrogen-bond donors (Lipinski definition) is 2. The molecule has 1 aromatic carbocycles. The van der Waals surface area contributed by atoms with Gasteiger partial charge in [-0.25, -0.2) is 0 Å². The van der Waals surface area contributed by atoms with Crippen molar-refractivity contribution in [1.82, 2.24) is 4.90 Å². The molecule has 3 rings (SSSR count). The smallest absolute Gasteiger partial charge is 0.321 e. The van der Waals surface area contributed by atoms with E-state index < -0.39 is 24.6 Å². The Balaban J connectivity index is 1.75. The van der Waals surface area contributed by atoms with Crippen LogP contribution in [0.15, 0.2) is 30.3 Å². The normalized spacial score (nSPS) is 27.9. The van der Waals surface area contributed by atoms with E-state index in [0.717, 1.165) is 25.7 Å². The maximum Gasteiger partial charge on any atom is 0.321 e. The van der Waals surface area contributed by atoms with Gasteiger partial charge < -0.3 is 19.8 Å². The second kappa shape index (κ2) is 6.59. The van der Waals surface area contributed by atoms with Crippen LogP contribution in [-0.4, -0.2) is 59.5 Å². The highest BCUT2D eigenvalue weighted by Gasteiger charge is 2.45. The van der Waals surface area contributed by atoms with Crippen LogP contribution < -0.4 is 0 Å². The Morgan fingerprint density at radius 3 is 2.26 bits per heavy atom. The first-order valence-electron chi connectivity index (χ1n) is 8.31. The summed E-state index contributed by atoms with van der Waals surface area (Å²) >= 11 is 0. The molecule has 2 heterocycles. The maximum absolute atomic E-state index is 12.8. The van der Waals surface area contributed by atoms with Gasteiger partial charge in [0.15, 0.2) is 0 Å². The Hall–Kier alpha value is -1.43. The van der Waals surface area contributed by atoms with Gasteiger partial charge >= 0.3 is 5.97 Å². The molecular weight excluding hydrogens is 294 g/mol. The van der Waals surface area contributed by atoms with E-state index in [9.17, 15) is 15.0 Å². The van der Waals surface area contributed by atoms with Crippen LogP contribution in [0.2, 0.25) is 0 Å². The average Bonchev–Trinajstić information content (AvgIpc) is 2.79. The van der Waals surface area contributed by atoms with Crippen LogP contribution >= 0.6 is 0 Å². The molecular formula is C18H25NO4. The topological polar surface area (TPSA) is 70.0 Å². The molecule has 5 nitrogen and oxygen atoms in total. The lowest BCUT2D eigenvalue weighted by Crippen LogP contribution is -2.49. The van der Waals surface area contributed by atoms with E-state index in [4.69, 9.17) is 4.74 Å². The van der Waals surface area contributed by atoms with Crippen molar-refractivity contribution in [3.05, 3.63) is 35.9 Å². The van der Waals surface area contributed by atoms with E-state index in [0.29, 0.717) is 17.6 Å². The molecule has 5 heteroatoms. The number of hydrogen-bond acceptors (Lipinski definition) is 5. The molecule has 0 saturated carbocycles. The van der Waals surface area contributed by atoms with Crippen molar-refractivity contribution in [2.75, 3.05) is 20.3 Å². The Morgan fingerprint density at radius 1 is 1.17 bits per heavy atom. The number of aliphatic hydroxyl groups excluding tert-OH is 2. The van der Waals surface area contributed by atoms with Gasteiger partial charge in [-0.05, 0) is 38.3 Å². The molecule has 0 spiro atoms. The Bertz CT molecular complexity index is 529. The molecule has 2 saturated heterocycles. The van der Waals surface area contributed by atoms with Gasteiger partial charge in [-0.3, -0.25) is 4.79 Å². The summed E-state index contributed by atoms with van der Waals surface area (Å²) in [5.74, 6) is -0.525. The number of aliphatic hydroxyl groups is 2. The van der Waals surface area contributed by atoms with Gasteiger partial charge in [-0.15, -0.1) is 0 Å². The zero-order valence-corrected chi connectivity index (χ0v) is 13.5. The summed E-state index contributed by atoms with van der Waals surface area (Å²) in [6.45, 7) is -0.933. The Morgan fingerprint density at radius 2 is 1.74 bits per heavy atom. The van der Waals surface area contributed by atoms with Gasteiger partial charge in [0.2, 0.25) is 0 Å². The van der Waals surface area contributed by atoms with Gasteiger partial charge in [0.25, 0.3) is 0 Å². The van der Waals surface area contributed by atoms with Gasteiger partial charge in [0.05, 0.1) is 13.2 Å². The Kier molecular flexibility index (Phi) is 4.71. The first-order chi connectivity index (χ1) is 11.1. The summed E-state index contributed by atoms with van der Waals surface area (Å²) in [5, 5.41) is 19.6. The van der Waals surface area contributed by atoms with Crippen molar-refractivity contribution < 1.29 is 19.7 Å². The molecule has 2 aliphatic heterocycles. The minimum Gasteiger partial charge on any atom is -0.461 e. The van der Waals surface area contributed by atoms with Crippen LogP contribution in [0.5, 0.6) is 0 Å². The molecule has 0 radical (unpaired) electrons. The second-order valence-corrected chi connectivity index (χ2v) is 6.81. The van der Waals surface area contributed by atoms with Crippen LogP contribution in [-0.2, 0) is 14.9 Å². The number of rotatable bonds is 5. The molecule has 0 amide bonds. The fourth-order valence-electron chi connectivity index (χ4n) is 3.96. The first-order valence-corrected chi connectivity index (χ1v) is 8.31. The summed E-state index contributed by atoms with van der Waals surface area (Å²) in [5.41, 5.74) is -0.796. The minimum atomic E-state index is -1.39. The molecule has 2 fully saturated rings. The fourth-order valence-corrected chi connectivity index (χ4v) is 3.96. The van der Waals surface area contributed by atoms with E-state index in [2.05, 4.69) is 11.9 Å². The predicted molar refractivity (Wildman–Crippen MR) is 86.0 cm³/mol. The van der Waals surface area contributed by atoms with Crippen LogP contribution in [0.1, 0.15) is 31.2 Å². The largest absolute Gasteiger partial charge is 0.461 e. The molecule has 3 atom stereocenters. The lowest BCUT2D eigenvalue weighted by atomic mass is 9.82. The average molecular weight is 319 g/mol. The summed E-state index contributed by atoms with van der Waals surface area (Å²) < 4.78 is 5.74. The number of esters is 1. The zero-order valence-electron chi connectivity index (χ0n) is 13.5. The van der Waals surface area contributed by atoms with Crippen molar-refractivity contribution >= 4 is 5.97 Å². The summed E-state index contributed by atoms with van der Waals surface area (Å²) in [6.07, 6.45) is 3.84. The van der Waals surface area contributed by atoms with Crippen LogP contribution in [0, 0.1) is 0 Å². The van der Waals surface area contributed by atoms with E-state index in [1.807, 2.05) is 6.07 Å². The molecule has 2 bridgehead atoms. The SMILES string of the molecule is CN1[C@@H]2CC[C@H]1C[C@H](OC(=O)C(CO)(CO)c1ccccc1)C2. The van der Waals surface area contributed by atoms with Crippen molar-refractivity contribution in [3.63, 3.8) is 0 Å². The quantitative estimate of drug-likeness (QED) is 0.795. The lowest BCUT2D eigenvalue weighted by Gasteiger charge is -2.37. The fraction of sp³-hybridized carbons (Fsp3) is 0.611. The van der Waals surface area contributed by atoms with Crippen molar-refractivity contribution in [3.8, 4) is 0 Å². The van der Waals surface area contributed by atoms with Crippen molar-refractivity contribution in [2.24, 2.45) is 0 Å². The molecule has 0 unspecified atom stereocenters. The third kappa shape index (κ3) is 2.89. The monoisotopic (exact) mass is 319 g/mol. The molecule has 2 aliphatic rings. The number of piperidine rings is 1. The number of carbonyl (C=O) groups excluding carboxylic acids is 1. The van der Waals surface area contributed by atoms with Crippen molar-refractivity contribution in [2.45, 2.75) is 49.3 Å². The molecule has 0 aromatic heterocycles. The lowest BCUT2D eigenvalue weighted by molar-refractivity contribution is -0.163. The van der Waals surface area contributed by atoms with Gasteiger partial charge in [0, 0.05) is 12.1 Å². The highest BCUT2D eigenvalue weighted by Crippen LogP contribution is 2.36. The third-order valence-corrected chi connectivity index (χ3v) is 5.59. The van der Waals surface area contributed by atoms with Crippen molar-refractivity contribution in [1.29, 1.82) is 0 Å². The maximum atomic E-state index is 12.8. The number of carbonyl (C=O) groups is 1. The number of ether oxygens (including phenoxy) is 1. The van der Waals surface area contributed by atoms with E-state index in [-0.39, 0.29) is 6.10 Å². The third-order valence-electron chi connectivity index (χ3n) is 5.59. The number of benzene rings is 1. The Labute approximate surface area is 136 Å².